The van der Waals surface area contributed by atoms with E-state index in [-0.39, 0.29) is 28.8 Å². The molecule has 1 fully saturated rings. The van der Waals surface area contributed by atoms with Gasteiger partial charge >= 0.3 is 0 Å². The third-order valence-electron chi connectivity index (χ3n) is 4.23. The Morgan fingerprint density at radius 1 is 1.25 bits per heavy atom. The molecule has 4 rings (SSSR count). The highest BCUT2D eigenvalue weighted by molar-refractivity contribution is 5.92. The second-order valence-corrected chi connectivity index (χ2v) is 5.87. The Labute approximate surface area is 137 Å². The van der Waals surface area contributed by atoms with Crippen LogP contribution >= 0.6 is 0 Å². The minimum atomic E-state index is -0.489. The molecular weight excluding hydrogens is 311 g/mol. The van der Waals surface area contributed by atoms with Gasteiger partial charge in [-0.25, -0.2) is 4.39 Å². The quantitative estimate of drug-likeness (QED) is 0.780. The first-order chi connectivity index (χ1) is 11.6. The number of halogens is 1. The molecule has 0 bridgehead atoms. The van der Waals surface area contributed by atoms with E-state index in [2.05, 4.69) is 10.2 Å². The number of aromatic nitrogens is 2. The van der Waals surface area contributed by atoms with E-state index < -0.39 is 5.82 Å². The summed E-state index contributed by atoms with van der Waals surface area (Å²) in [5, 5.41) is 8.64. The lowest BCUT2D eigenvalue weighted by Gasteiger charge is -2.14. The second-order valence-electron chi connectivity index (χ2n) is 5.87. The Morgan fingerprint density at radius 2 is 2.12 bits per heavy atom. The Kier molecular flexibility index (Phi) is 3.50. The van der Waals surface area contributed by atoms with Gasteiger partial charge in [-0.15, -0.1) is 10.2 Å². The fraction of sp³-hybridized carbons (Fsp3) is 0.235. The molecule has 1 amide bonds. The van der Waals surface area contributed by atoms with Crippen LogP contribution in [0.2, 0.25) is 0 Å². The first-order valence-electron chi connectivity index (χ1n) is 7.68. The largest absolute Gasteiger partial charge is 0.461 e. The van der Waals surface area contributed by atoms with Crippen molar-refractivity contribution in [2.24, 2.45) is 5.73 Å². The highest BCUT2D eigenvalue weighted by atomic mass is 19.1. The molecular formula is C17H15FN4O2. The zero-order valence-electron chi connectivity index (χ0n) is 12.8. The van der Waals surface area contributed by atoms with Gasteiger partial charge in [0.2, 0.25) is 0 Å². The third kappa shape index (κ3) is 2.43. The molecule has 122 valence electrons. The van der Waals surface area contributed by atoms with E-state index >= 15 is 0 Å². The van der Waals surface area contributed by atoms with Crippen LogP contribution in [-0.2, 0) is 0 Å². The van der Waals surface area contributed by atoms with Crippen molar-refractivity contribution >= 4 is 16.9 Å². The summed E-state index contributed by atoms with van der Waals surface area (Å²) < 4.78 is 19.6. The van der Waals surface area contributed by atoms with E-state index in [4.69, 9.17) is 10.2 Å². The Hall–Kier alpha value is -2.80. The Balaban J connectivity index is 1.63. The van der Waals surface area contributed by atoms with Crippen LogP contribution in [0.4, 0.5) is 4.39 Å². The predicted molar refractivity (Wildman–Crippen MR) is 85.7 cm³/mol. The molecule has 7 heteroatoms. The van der Waals surface area contributed by atoms with Crippen molar-refractivity contribution in [1.82, 2.24) is 15.1 Å². The zero-order valence-corrected chi connectivity index (χ0v) is 12.8. The van der Waals surface area contributed by atoms with Gasteiger partial charge in [-0.1, -0.05) is 6.07 Å². The average Bonchev–Trinajstić information content (AvgIpc) is 3.24. The van der Waals surface area contributed by atoms with Crippen LogP contribution in [0.5, 0.6) is 0 Å². The summed E-state index contributed by atoms with van der Waals surface area (Å²) in [5.74, 6) is -0.694. The number of amides is 1. The SMILES string of the molecule is NC1CCN(C(=O)c2ccc(-c3ccc4ccoc4c3F)nn2)C1. The van der Waals surface area contributed by atoms with Crippen LogP contribution in [0.3, 0.4) is 0 Å². The van der Waals surface area contributed by atoms with Gasteiger partial charge in [-0.2, -0.15) is 0 Å². The zero-order chi connectivity index (χ0) is 16.7. The van der Waals surface area contributed by atoms with Gasteiger partial charge in [0.15, 0.2) is 17.1 Å². The van der Waals surface area contributed by atoms with Gasteiger partial charge < -0.3 is 15.1 Å². The molecule has 1 aliphatic rings. The first kappa shape index (κ1) is 14.8. The van der Waals surface area contributed by atoms with E-state index in [0.29, 0.717) is 24.2 Å². The van der Waals surface area contributed by atoms with Crippen molar-refractivity contribution in [3.8, 4) is 11.3 Å². The molecule has 1 aliphatic heterocycles. The number of carbonyl (C=O) groups excluding carboxylic acids is 1. The number of nitrogens with two attached hydrogens (primary N) is 1. The second kappa shape index (κ2) is 5.68. The third-order valence-corrected chi connectivity index (χ3v) is 4.23. The molecule has 1 atom stereocenters. The Morgan fingerprint density at radius 3 is 2.83 bits per heavy atom. The van der Waals surface area contributed by atoms with Crippen molar-refractivity contribution in [2.45, 2.75) is 12.5 Å². The molecule has 1 aromatic carbocycles. The fourth-order valence-corrected chi connectivity index (χ4v) is 2.92. The fourth-order valence-electron chi connectivity index (χ4n) is 2.92. The normalized spacial score (nSPS) is 17.6. The molecule has 24 heavy (non-hydrogen) atoms. The number of benzene rings is 1. The average molecular weight is 326 g/mol. The summed E-state index contributed by atoms with van der Waals surface area (Å²) in [7, 11) is 0. The summed E-state index contributed by atoms with van der Waals surface area (Å²) >= 11 is 0. The van der Waals surface area contributed by atoms with E-state index in [0.717, 1.165) is 6.42 Å². The summed E-state index contributed by atoms with van der Waals surface area (Å²) in [4.78, 5) is 14.0. The molecule has 6 nitrogen and oxygen atoms in total. The monoisotopic (exact) mass is 326 g/mol. The highest BCUT2D eigenvalue weighted by Gasteiger charge is 2.25. The van der Waals surface area contributed by atoms with Gasteiger partial charge in [0.05, 0.1) is 12.0 Å². The van der Waals surface area contributed by atoms with Crippen LogP contribution in [0.25, 0.3) is 22.2 Å². The van der Waals surface area contributed by atoms with Crippen molar-refractivity contribution in [3.63, 3.8) is 0 Å². The molecule has 0 aliphatic carbocycles. The molecule has 1 unspecified atom stereocenters. The number of rotatable bonds is 2. The lowest BCUT2D eigenvalue weighted by Crippen LogP contribution is -2.32. The first-order valence-corrected chi connectivity index (χ1v) is 7.68. The van der Waals surface area contributed by atoms with Gasteiger partial charge in [0, 0.05) is 30.1 Å². The van der Waals surface area contributed by atoms with Crippen LogP contribution in [0.15, 0.2) is 41.0 Å². The maximum absolute atomic E-state index is 14.5. The number of hydrogen-bond acceptors (Lipinski definition) is 5. The molecule has 1 saturated heterocycles. The van der Waals surface area contributed by atoms with Gasteiger partial charge in [-0.3, -0.25) is 4.79 Å². The van der Waals surface area contributed by atoms with Crippen molar-refractivity contribution in [3.05, 3.63) is 48.1 Å². The number of likely N-dealkylation sites (tertiary alicyclic amines) is 1. The topological polar surface area (TPSA) is 85.2 Å². The molecule has 2 N–H and O–H groups in total. The van der Waals surface area contributed by atoms with E-state index in [1.807, 2.05) is 0 Å². The summed E-state index contributed by atoms with van der Waals surface area (Å²) in [6.07, 6.45) is 2.22. The minimum absolute atomic E-state index is 0.00954. The molecule has 0 saturated carbocycles. The highest BCUT2D eigenvalue weighted by Crippen LogP contribution is 2.28. The number of nitrogens with zero attached hydrogens (tertiary/aromatic N) is 3. The predicted octanol–water partition coefficient (Wildman–Crippen LogP) is 2.20. The van der Waals surface area contributed by atoms with E-state index in [9.17, 15) is 9.18 Å². The van der Waals surface area contributed by atoms with Crippen molar-refractivity contribution in [1.29, 1.82) is 0 Å². The summed E-state index contributed by atoms with van der Waals surface area (Å²) in [6, 6.07) is 8.22. The Bertz CT molecular complexity index is 907. The molecule has 0 radical (unpaired) electrons. The maximum atomic E-state index is 14.5. The van der Waals surface area contributed by atoms with E-state index in [1.165, 1.54) is 6.26 Å². The van der Waals surface area contributed by atoms with Crippen molar-refractivity contribution in [2.75, 3.05) is 13.1 Å². The molecule has 3 aromatic rings. The number of furan rings is 1. The van der Waals surface area contributed by atoms with Crippen molar-refractivity contribution < 1.29 is 13.6 Å². The van der Waals surface area contributed by atoms with Gasteiger partial charge in [0.1, 0.15) is 0 Å². The van der Waals surface area contributed by atoms with Crippen LogP contribution in [-0.4, -0.2) is 40.1 Å². The lowest BCUT2D eigenvalue weighted by atomic mass is 10.1. The van der Waals surface area contributed by atoms with Crippen LogP contribution < -0.4 is 5.73 Å². The number of fused-ring (bicyclic) bond motifs is 1. The number of hydrogen-bond donors (Lipinski definition) is 1. The van der Waals surface area contributed by atoms with Gasteiger partial charge in [-0.05, 0) is 30.7 Å². The standard InChI is InChI=1S/C17H15FN4O2/c18-15-12(2-1-10-6-8-24-16(10)15)13-3-4-14(21-20-13)17(23)22-7-5-11(19)9-22/h1-4,6,8,11H,5,7,9,19H2. The molecule has 0 spiro atoms. The summed E-state index contributed by atoms with van der Waals surface area (Å²) in [5.41, 5.74) is 6.86. The lowest BCUT2D eigenvalue weighted by molar-refractivity contribution is 0.0784. The summed E-state index contributed by atoms with van der Waals surface area (Å²) in [6.45, 7) is 1.14. The van der Waals surface area contributed by atoms with Crippen LogP contribution in [0, 0.1) is 5.82 Å². The number of carbonyl (C=O) groups is 1. The molecule has 2 aromatic heterocycles. The molecule has 3 heterocycles. The maximum Gasteiger partial charge on any atom is 0.274 e. The van der Waals surface area contributed by atoms with Gasteiger partial charge in [0.25, 0.3) is 5.91 Å². The minimum Gasteiger partial charge on any atom is -0.461 e. The van der Waals surface area contributed by atoms with E-state index in [1.54, 1.807) is 35.2 Å². The smallest absolute Gasteiger partial charge is 0.274 e. The van der Waals surface area contributed by atoms with Crippen LogP contribution in [0.1, 0.15) is 16.9 Å².